The number of aliphatic carboxylic acids is 1. The lowest BCUT2D eigenvalue weighted by Gasteiger charge is -2.17. The Morgan fingerprint density at radius 2 is 2.00 bits per heavy atom. The highest BCUT2D eigenvalue weighted by Gasteiger charge is 2.22. The maximum absolute atomic E-state index is 12.9. The van der Waals surface area contributed by atoms with Gasteiger partial charge < -0.3 is 15.2 Å². The Morgan fingerprint density at radius 1 is 1.24 bits per heavy atom. The van der Waals surface area contributed by atoms with Crippen LogP contribution in [0.2, 0.25) is 0 Å². The van der Waals surface area contributed by atoms with Crippen LogP contribution in [0.1, 0.15) is 17.2 Å². The molecule has 1 unspecified atom stereocenters. The first-order valence-corrected chi connectivity index (χ1v) is 6.64. The standard InChI is InChI=1S/C16H14FNO3/c17-12-2-4-13(5-3-12)18-15(16(19)20)11-1-6-14-10(9-11)7-8-21-14/h1-6,9,15,18H,7-8H2,(H,19,20). The predicted octanol–water partition coefficient (Wildman–Crippen LogP) is 3.00. The van der Waals surface area contributed by atoms with Crippen molar-refractivity contribution in [3.8, 4) is 5.75 Å². The molecular formula is C16H14FNO3. The molecule has 0 radical (unpaired) electrons. The zero-order valence-corrected chi connectivity index (χ0v) is 11.2. The Labute approximate surface area is 121 Å². The number of hydrogen-bond donors (Lipinski definition) is 2. The van der Waals surface area contributed by atoms with Crippen LogP contribution in [-0.2, 0) is 11.2 Å². The molecule has 21 heavy (non-hydrogen) atoms. The molecule has 2 N–H and O–H groups in total. The third-order valence-electron chi connectivity index (χ3n) is 3.45. The van der Waals surface area contributed by atoms with E-state index in [-0.39, 0.29) is 5.82 Å². The van der Waals surface area contributed by atoms with E-state index in [1.807, 2.05) is 6.07 Å². The minimum Gasteiger partial charge on any atom is -0.493 e. The summed E-state index contributed by atoms with van der Waals surface area (Å²) in [4.78, 5) is 11.5. The van der Waals surface area contributed by atoms with Crippen LogP contribution in [0.15, 0.2) is 42.5 Å². The van der Waals surface area contributed by atoms with E-state index in [0.717, 1.165) is 17.7 Å². The lowest BCUT2D eigenvalue weighted by molar-refractivity contribution is -0.138. The van der Waals surface area contributed by atoms with Crippen LogP contribution in [0.3, 0.4) is 0 Å². The van der Waals surface area contributed by atoms with E-state index in [9.17, 15) is 14.3 Å². The van der Waals surface area contributed by atoms with Crippen molar-refractivity contribution < 1.29 is 19.0 Å². The van der Waals surface area contributed by atoms with Crippen molar-refractivity contribution in [1.82, 2.24) is 0 Å². The van der Waals surface area contributed by atoms with Crippen LogP contribution in [0.5, 0.6) is 5.75 Å². The van der Waals surface area contributed by atoms with Gasteiger partial charge in [-0.25, -0.2) is 9.18 Å². The van der Waals surface area contributed by atoms with Crippen LogP contribution < -0.4 is 10.1 Å². The number of halogens is 1. The Kier molecular flexibility index (Phi) is 3.48. The minimum atomic E-state index is -0.988. The van der Waals surface area contributed by atoms with Crippen molar-refractivity contribution in [1.29, 1.82) is 0 Å². The average Bonchev–Trinajstić information content (AvgIpc) is 2.93. The van der Waals surface area contributed by atoms with Crippen molar-refractivity contribution in [2.45, 2.75) is 12.5 Å². The summed E-state index contributed by atoms with van der Waals surface area (Å²) in [6, 6.07) is 10.1. The molecule has 0 aliphatic carbocycles. The maximum Gasteiger partial charge on any atom is 0.330 e. The second-order valence-corrected chi connectivity index (χ2v) is 4.89. The minimum absolute atomic E-state index is 0.359. The van der Waals surface area contributed by atoms with E-state index in [4.69, 9.17) is 4.74 Å². The number of anilines is 1. The Hall–Kier alpha value is -2.56. The molecule has 2 aromatic rings. The summed E-state index contributed by atoms with van der Waals surface area (Å²) in [7, 11) is 0. The normalized spacial score (nSPS) is 14.1. The van der Waals surface area contributed by atoms with Crippen molar-refractivity contribution in [2.75, 3.05) is 11.9 Å². The molecule has 2 aromatic carbocycles. The predicted molar refractivity (Wildman–Crippen MR) is 76.0 cm³/mol. The van der Waals surface area contributed by atoms with Gasteiger partial charge in [-0.2, -0.15) is 0 Å². The number of carboxylic acid groups (broad SMARTS) is 1. The molecule has 1 atom stereocenters. The van der Waals surface area contributed by atoms with Crippen LogP contribution in [-0.4, -0.2) is 17.7 Å². The van der Waals surface area contributed by atoms with Gasteiger partial charge in [0.2, 0.25) is 0 Å². The number of hydrogen-bond acceptors (Lipinski definition) is 3. The second kappa shape index (κ2) is 5.44. The first kappa shape index (κ1) is 13.4. The van der Waals surface area contributed by atoms with Gasteiger partial charge in [-0.1, -0.05) is 6.07 Å². The third kappa shape index (κ3) is 2.81. The summed E-state index contributed by atoms with van der Waals surface area (Å²) in [5.74, 6) is -0.537. The molecule has 0 saturated carbocycles. The van der Waals surface area contributed by atoms with Crippen molar-refractivity contribution in [3.63, 3.8) is 0 Å². The lowest BCUT2D eigenvalue weighted by atomic mass is 10.0. The number of rotatable bonds is 4. The fraction of sp³-hybridized carbons (Fsp3) is 0.188. The number of carbonyl (C=O) groups is 1. The third-order valence-corrected chi connectivity index (χ3v) is 3.45. The summed E-state index contributed by atoms with van der Waals surface area (Å²) in [5, 5.41) is 12.3. The zero-order chi connectivity index (χ0) is 14.8. The van der Waals surface area contributed by atoms with Crippen LogP contribution in [0.4, 0.5) is 10.1 Å². The van der Waals surface area contributed by atoms with Crippen LogP contribution in [0, 0.1) is 5.82 Å². The lowest BCUT2D eigenvalue weighted by Crippen LogP contribution is -2.20. The number of nitrogens with one attached hydrogen (secondary N) is 1. The summed E-state index contributed by atoms with van der Waals surface area (Å²) < 4.78 is 18.3. The molecule has 1 aliphatic rings. The molecule has 1 aliphatic heterocycles. The number of benzene rings is 2. The molecular weight excluding hydrogens is 273 g/mol. The zero-order valence-electron chi connectivity index (χ0n) is 11.2. The largest absolute Gasteiger partial charge is 0.493 e. The Balaban J connectivity index is 1.87. The molecule has 3 rings (SSSR count). The van der Waals surface area contributed by atoms with Gasteiger partial charge >= 0.3 is 5.97 Å². The molecule has 0 amide bonds. The summed E-state index contributed by atoms with van der Waals surface area (Å²) in [6.07, 6.45) is 0.784. The van der Waals surface area contributed by atoms with Gasteiger partial charge in [-0.3, -0.25) is 0 Å². The highest BCUT2D eigenvalue weighted by atomic mass is 19.1. The topological polar surface area (TPSA) is 58.6 Å². The molecule has 0 spiro atoms. The number of fused-ring (bicyclic) bond motifs is 1. The maximum atomic E-state index is 12.9. The van der Waals surface area contributed by atoms with Crippen LogP contribution >= 0.6 is 0 Å². The fourth-order valence-corrected chi connectivity index (χ4v) is 2.39. The van der Waals surface area contributed by atoms with Gasteiger partial charge in [-0.15, -0.1) is 0 Å². The summed E-state index contributed by atoms with van der Waals surface area (Å²) >= 11 is 0. The second-order valence-electron chi connectivity index (χ2n) is 4.89. The van der Waals surface area contributed by atoms with E-state index < -0.39 is 12.0 Å². The van der Waals surface area contributed by atoms with Crippen molar-refractivity contribution in [2.24, 2.45) is 0 Å². The van der Waals surface area contributed by atoms with Crippen molar-refractivity contribution in [3.05, 3.63) is 59.4 Å². The highest BCUT2D eigenvalue weighted by Crippen LogP contribution is 2.29. The smallest absolute Gasteiger partial charge is 0.330 e. The van der Waals surface area contributed by atoms with Gasteiger partial charge in [0.25, 0.3) is 0 Å². The molecule has 1 heterocycles. The number of ether oxygens (including phenoxy) is 1. The van der Waals surface area contributed by atoms with Gasteiger partial charge in [0, 0.05) is 12.1 Å². The highest BCUT2D eigenvalue weighted by molar-refractivity contribution is 5.79. The Morgan fingerprint density at radius 3 is 2.71 bits per heavy atom. The van der Waals surface area contributed by atoms with Gasteiger partial charge in [-0.05, 0) is 47.5 Å². The van der Waals surface area contributed by atoms with Crippen LogP contribution in [0.25, 0.3) is 0 Å². The van der Waals surface area contributed by atoms with Crippen molar-refractivity contribution >= 4 is 11.7 Å². The summed E-state index contributed by atoms with van der Waals surface area (Å²) in [5.41, 5.74) is 2.22. The quantitative estimate of drug-likeness (QED) is 0.907. The monoisotopic (exact) mass is 287 g/mol. The fourth-order valence-electron chi connectivity index (χ4n) is 2.39. The van der Waals surface area contributed by atoms with E-state index in [0.29, 0.717) is 17.9 Å². The summed E-state index contributed by atoms with van der Waals surface area (Å²) in [6.45, 7) is 0.627. The van der Waals surface area contributed by atoms with E-state index in [1.54, 1.807) is 12.1 Å². The van der Waals surface area contributed by atoms with E-state index in [2.05, 4.69) is 5.32 Å². The van der Waals surface area contributed by atoms with Gasteiger partial charge in [0.15, 0.2) is 6.04 Å². The van der Waals surface area contributed by atoms with E-state index >= 15 is 0 Å². The average molecular weight is 287 g/mol. The Bertz CT molecular complexity index is 670. The van der Waals surface area contributed by atoms with Gasteiger partial charge in [0.1, 0.15) is 11.6 Å². The number of carboxylic acids is 1. The molecule has 0 aromatic heterocycles. The first-order chi connectivity index (χ1) is 10.1. The SMILES string of the molecule is O=C(O)C(Nc1ccc(F)cc1)c1ccc2c(c1)CCO2. The molecule has 108 valence electrons. The molecule has 0 saturated heterocycles. The van der Waals surface area contributed by atoms with E-state index in [1.165, 1.54) is 24.3 Å². The molecule has 4 nitrogen and oxygen atoms in total. The molecule has 0 bridgehead atoms. The van der Waals surface area contributed by atoms with Gasteiger partial charge in [0.05, 0.1) is 6.61 Å². The molecule has 0 fully saturated rings. The molecule has 5 heteroatoms. The first-order valence-electron chi connectivity index (χ1n) is 6.64.